The number of hydrogen-bond acceptors (Lipinski definition) is 4. The summed E-state index contributed by atoms with van der Waals surface area (Å²) in [6.45, 7) is 1.82. The number of hydrogen-bond donors (Lipinski definition) is 3. The molecule has 1 aliphatic carbocycles. The molecule has 3 N–H and O–H groups in total. The van der Waals surface area contributed by atoms with Gasteiger partial charge in [-0.1, -0.05) is 43.2 Å². The predicted molar refractivity (Wildman–Crippen MR) is 132 cm³/mol. The SMILES string of the molecule is COc1cccc(C(CNC(=O)C(NC(C)=O)C2CCCC2)c2c[nH]c3ccccc23)c1OC. The first kappa shape index (κ1) is 23.7. The van der Waals surface area contributed by atoms with E-state index in [2.05, 4.69) is 21.7 Å². The van der Waals surface area contributed by atoms with Crippen LogP contribution < -0.4 is 20.1 Å². The Morgan fingerprint density at radius 3 is 2.50 bits per heavy atom. The lowest BCUT2D eigenvalue weighted by atomic mass is 9.89. The van der Waals surface area contributed by atoms with Gasteiger partial charge in [-0.25, -0.2) is 0 Å². The van der Waals surface area contributed by atoms with Crippen molar-refractivity contribution >= 4 is 22.7 Å². The molecule has 1 heterocycles. The average Bonchev–Trinajstić information content (AvgIpc) is 3.53. The van der Waals surface area contributed by atoms with Crippen LogP contribution in [-0.2, 0) is 9.59 Å². The van der Waals surface area contributed by atoms with Crippen LogP contribution in [0.15, 0.2) is 48.7 Å². The Kier molecular flexibility index (Phi) is 7.40. The zero-order valence-electron chi connectivity index (χ0n) is 20.0. The fraction of sp³-hybridized carbons (Fsp3) is 0.407. The van der Waals surface area contributed by atoms with Crippen LogP contribution in [-0.4, -0.2) is 43.6 Å². The minimum Gasteiger partial charge on any atom is -0.493 e. The van der Waals surface area contributed by atoms with Crippen LogP contribution >= 0.6 is 0 Å². The number of ether oxygens (including phenoxy) is 2. The maximum absolute atomic E-state index is 13.3. The maximum atomic E-state index is 13.3. The molecule has 1 aromatic heterocycles. The maximum Gasteiger partial charge on any atom is 0.242 e. The van der Waals surface area contributed by atoms with Gasteiger partial charge in [0.15, 0.2) is 11.5 Å². The fourth-order valence-electron chi connectivity index (χ4n) is 5.18. The number of benzene rings is 2. The Labute approximate surface area is 200 Å². The van der Waals surface area contributed by atoms with E-state index in [-0.39, 0.29) is 23.7 Å². The molecule has 2 atom stereocenters. The topological polar surface area (TPSA) is 92.5 Å². The van der Waals surface area contributed by atoms with Gasteiger partial charge in [-0.05, 0) is 36.5 Å². The van der Waals surface area contributed by atoms with Crippen LogP contribution in [0.5, 0.6) is 11.5 Å². The zero-order valence-corrected chi connectivity index (χ0v) is 20.0. The van der Waals surface area contributed by atoms with Crippen molar-refractivity contribution < 1.29 is 19.1 Å². The number of para-hydroxylation sites is 2. The van der Waals surface area contributed by atoms with Gasteiger partial charge >= 0.3 is 0 Å². The largest absolute Gasteiger partial charge is 0.493 e. The van der Waals surface area contributed by atoms with Crippen molar-refractivity contribution in [3.05, 3.63) is 59.8 Å². The van der Waals surface area contributed by atoms with Crippen LogP contribution in [0, 0.1) is 5.92 Å². The highest BCUT2D eigenvalue weighted by Crippen LogP contribution is 2.40. The Balaban J connectivity index is 1.68. The van der Waals surface area contributed by atoms with E-state index < -0.39 is 6.04 Å². The number of carbonyl (C=O) groups excluding carboxylic acids is 2. The molecule has 3 aromatic rings. The molecule has 0 radical (unpaired) electrons. The molecule has 7 nitrogen and oxygen atoms in total. The molecule has 2 unspecified atom stereocenters. The molecule has 0 aliphatic heterocycles. The molecule has 1 fully saturated rings. The van der Waals surface area contributed by atoms with E-state index in [0.29, 0.717) is 18.0 Å². The second kappa shape index (κ2) is 10.6. The van der Waals surface area contributed by atoms with Gasteiger partial charge in [0.1, 0.15) is 6.04 Å². The van der Waals surface area contributed by atoms with Crippen LogP contribution in [0.2, 0.25) is 0 Å². The summed E-state index contributed by atoms with van der Waals surface area (Å²) in [4.78, 5) is 28.5. The fourth-order valence-corrected chi connectivity index (χ4v) is 5.18. The van der Waals surface area contributed by atoms with E-state index in [1.165, 1.54) is 6.92 Å². The lowest BCUT2D eigenvalue weighted by molar-refractivity contribution is -0.129. The van der Waals surface area contributed by atoms with Crippen molar-refractivity contribution in [2.24, 2.45) is 5.92 Å². The number of fused-ring (bicyclic) bond motifs is 1. The van der Waals surface area contributed by atoms with Gasteiger partial charge in [0, 0.05) is 42.0 Å². The highest BCUT2D eigenvalue weighted by atomic mass is 16.5. The Hall–Kier alpha value is -3.48. The molecular formula is C27H33N3O4. The Bertz CT molecular complexity index is 1150. The number of nitrogens with one attached hydrogen (secondary N) is 3. The van der Waals surface area contributed by atoms with Gasteiger partial charge in [0.25, 0.3) is 0 Å². The van der Waals surface area contributed by atoms with Gasteiger partial charge in [0.05, 0.1) is 14.2 Å². The van der Waals surface area contributed by atoms with E-state index in [9.17, 15) is 9.59 Å². The minimum absolute atomic E-state index is 0.145. The summed E-state index contributed by atoms with van der Waals surface area (Å²) in [7, 11) is 3.24. The van der Waals surface area contributed by atoms with Crippen LogP contribution in [0.4, 0.5) is 0 Å². The van der Waals surface area contributed by atoms with E-state index in [1.54, 1.807) is 14.2 Å². The van der Waals surface area contributed by atoms with Gasteiger partial charge in [0.2, 0.25) is 11.8 Å². The lowest BCUT2D eigenvalue weighted by Crippen LogP contribution is -2.50. The summed E-state index contributed by atoms with van der Waals surface area (Å²) < 4.78 is 11.3. The van der Waals surface area contributed by atoms with Gasteiger partial charge in [-0.2, -0.15) is 0 Å². The first-order chi connectivity index (χ1) is 16.5. The Morgan fingerprint density at radius 1 is 1.03 bits per heavy atom. The molecule has 1 saturated carbocycles. The molecule has 7 heteroatoms. The third-order valence-corrected chi connectivity index (χ3v) is 6.80. The third kappa shape index (κ3) is 4.88. The summed E-state index contributed by atoms with van der Waals surface area (Å²) in [6.07, 6.45) is 6.07. The highest BCUT2D eigenvalue weighted by molar-refractivity contribution is 5.88. The molecule has 2 amide bonds. The first-order valence-corrected chi connectivity index (χ1v) is 11.8. The van der Waals surface area contributed by atoms with Crippen molar-refractivity contribution in [2.75, 3.05) is 20.8 Å². The van der Waals surface area contributed by atoms with Crippen molar-refractivity contribution in [1.82, 2.24) is 15.6 Å². The van der Waals surface area contributed by atoms with Crippen LogP contribution in [0.3, 0.4) is 0 Å². The van der Waals surface area contributed by atoms with E-state index in [1.807, 2.05) is 42.6 Å². The quantitative estimate of drug-likeness (QED) is 0.445. The number of H-pyrrole nitrogens is 1. The smallest absolute Gasteiger partial charge is 0.242 e. The van der Waals surface area contributed by atoms with Gasteiger partial charge in [-0.3, -0.25) is 9.59 Å². The number of amides is 2. The molecule has 0 bridgehead atoms. The number of methoxy groups -OCH3 is 2. The molecule has 180 valence electrons. The van der Waals surface area contributed by atoms with E-state index in [0.717, 1.165) is 47.7 Å². The Morgan fingerprint density at radius 2 is 1.79 bits per heavy atom. The molecule has 34 heavy (non-hydrogen) atoms. The van der Waals surface area contributed by atoms with E-state index in [4.69, 9.17) is 9.47 Å². The van der Waals surface area contributed by atoms with Crippen molar-refractivity contribution in [1.29, 1.82) is 0 Å². The average molecular weight is 464 g/mol. The molecular weight excluding hydrogens is 430 g/mol. The summed E-state index contributed by atoms with van der Waals surface area (Å²) >= 11 is 0. The number of aromatic nitrogens is 1. The number of rotatable bonds is 9. The minimum atomic E-state index is -0.518. The van der Waals surface area contributed by atoms with Crippen molar-refractivity contribution in [3.63, 3.8) is 0 Å². The standard InChI is InChI=1S/C27H33N3O4/c1-17(31)30-25(18-9-4-5-10-18)27(32)29-16-22(20-12-8-14-24(33-2)26(20)34-3)21-15-28-23-13-7-6-11-19(21)23/h6-8,11-15,18,22,25,28H,4-5,9-10,16H2,1-3H3,(H,29,32)(H,30,31). The molecule has 1 aliphatic rings. The monoisotopic (exact) mass is 463 g/mol. The van der Waals surface area contributed by atoms with Crippen molar-refractivity contribution in [3.8, 4) is 11.5 Å². The van der Waals surface area contributed by atoms with E-state index >= 15 is 0 Å². The van der Waals surface area contributed by atoms with Crippen LogP contribution in [0.25, 0.3) is 10.9 Å². The normalized spacial score (nSPS) is 15.6. The third-order valence-electron chi connectivity index (χ3n) is 6.80. The second-order valence-corrected chi connectivity index (χ2v) is 8.89. The summed E-state index contributed by atoms with van der Waals surface area (Å²) in [5, 5.41) is 7.11. The van der Waals surface area contributed by atoms with Gasteiger partial charge < -0.3 is 25.1 Å². The zero-order chi connectivity index (χ0) is 24.1. The lowest BCUT2D eigenvalue weighted by Gasteiger charge is -2.26. The van der Waals surface area contributed by atoms with Gasteiger partial charge in [-0.15, -0.1) is 0 Å². The number of aromatic amines is 1. The number of carbonyl (C=O) groups is 2. The molecule has 0 spiro atoms. The highest BCUT2D eigenvalue weighted by Gasteiger charge is 2.32. The molecule has 0 saturated heterocycles. The van der Waals surface area contributed by atoms with Crippen molar-refractivity contribution in [2.45, 2.75) is 44.6 Å². The first-order valence-electron chi connectivity index (χ1n) is 11.8. The molecule has 4 rings (SSSR count). The predicted octanol–water partition coefficient (Wildman–Crippen LogP) is 4.13. The summed E-state index contributed by atoms with van der Waals surface area (Å²) in [5.41, 5.74) is 3.00. The summed E-state index contributed by atoms with van der Waals surface area (Å²) in [6, 6.07) is 13.4. The molecule has 2 aromatic carbocycles. The van der Waals surface area contributed by atoms with Crippen LogP contribution in [0.1, 0.15) is 49.7 Å². The second-order valence-electron chi connectivity index (χ2n) is 8.89. The summed E-state index contributed by atoms with van der Waals surface area (Å²) in [5.74, 6) is 0.930.